The molecule has 0 aliphatic carbocycles. The van der Waals surface area contributed by atoms with E-state index in [9.17, 15) is 4.79 Å². The van der Waals surface area contributed by atoms with Crippen molar-refractivity contribution >= 4 is 35.2 Å². The Morgan fingerprint density at radius 1 is 1.21 bits per heavy atom. The average molecular weight is 233 g/mol. The molecule has 5 heteroatoms. The third kappa shape index (κ3) is 2.65. The number of carbonyl (C=O) groups is 1. The molecule has 74 valence electrons. The highest BCUT2D eigenvalue weighted by Gasteiger charge is 2.04. The minimum Gasteiger partial charge on any atom is -0.502 e. The lowest BCUT2D eigenvalue weighted by molar-refractivity contribution is -0.135. The Balaban J connectivity index is 3.04. The van der Waals surface area contributed by atoms with E-state index in [4.69, 9.17) is 33.4 Å². The zero-order chi connectivity index (χ0) is 10.7. The number of aliphatic carboxylic acids is 1. The van der Waals surface area contributed by atoms with E-state index in [1.165, 1.54) is 12.1 Å². The van der Waals surface area contributed by atoms with Gasteiger partial charge in [-0.15, -0.1) is 0 Å². The molecule has 1 rings (SSSR count). The Bertz CT molecular complexity index is 399. The molecule has 0 amide bonds. The molecule has 0 unspecified atom stereocenters. The molecule has 3 nitrogen and oxygen atoms in total. The molecule has 0 radical (unpaired) electrons. The molecule has 1 aromatic rings. The van der Waals surface area contributed by atoms with Gasteiger partial charge in [0.05, 0.1) is 10.0 Å². The minimum atomic E-state index is -1.39. The van der Waals surface area contributed by atoms with Crippen LogP contribution in [0, 0.1) is 0 Å². The maximum atomic E-state index is 10.3. The number of benzene rings is 1. The fourth-order valence-corrected chi connectivity index (χ4v) is 1.13. The maximum absolute atomic E-state index is 10.3. The summed E-state index contributed by atoms with van der Waals surface area (Å²) in [6.45, 7) is 0. The lowest BCUT2D eigenvalue weighted by Crippen LogP contribution is -1.98. The van der Waals surface area contributed by atoms with Crippen LogP contribution in [0.1, 0.15) is 5.56 Å². The van der Waals surface area contributed by atoms with Crippen LogP contribution in [0.15, 0.2) is 24.0 Å². The van der Waals surface area contributed by atoms with E-state index in [2.05, 4.69) is 0 Å². The van der Waals surface area contributed by atoms with Crippen molar-refractivity contribution in [2.45, 2.75) is 0 Å². The van der Waals surface area contributed by atoms with Gasteiger partial charge in [0.15, 0.2) is 0 Å². The first-order chi connectivity index (χ1) is 6.50. The summed E-state index contributed by atoms with van der Waals surface area (Å²) in [5.74, 6) is -2.14. The van der Waals surface area contributed by atoms with Gasteiger partial charge in [0.2, 0.25) is 5.76 Å². The molecule has 1 aromatic carbocycles. The lowest BCUT2D eigenvalue weighted by atomic mass is 10.2. The number of rotatable bonds is 2. The van der Waals surface area contributed by atoms with Gasteiger partial charge in [-0.1, -0.05) is 29.3 Å². The van der Waals surface area contributed by atoms with Crippen LogP contribution in [0.3, 0.4) is 0 Å². The molecule has 0 aliphatic rings. The lowest BCUT2D eigenvalue weighted by Gasteiger charge is -1.98. The second-order valence-corrected chi connectivity index (χ2v) is 3.32. The Labute approximate surface area is 90.2 Å². The van der Waals surface area contributed by atoms with Gasteiger partial charge in [-0.05, 0) is 23.8 Å². The quantitative estimate of drug-likeness (QED) is 0.609. The van der Waals surface area contributed by atoms with E-state index >= 15 is 0 Å². The summed E-state index contributed by atoms with van der Waals surface area (Å²) >= 11 is 11.3. The summed E-state index contributed by atoms with van der Waals surface area (Å²) in [6.07, 6.45) is 1.09. The van der Waals surface area contributed by atoms with Crippen molar-refractivity contribution in [2.24, 2.45) is 0 Å². The van der Waals surface area contributed by atoms with Crippen molar-refractivity contribution in [1.82, 2.24) is 0 Å². The largest absolute Gasteiger partial charge is 0.502 e. The normalized spacial score (nSPS) is 11.4. The third-order valence-electron chi connectivity index (χ3n) is 1.47. The topological polar surface area (TPSA) is 57.5 Å². The summed E-state index contributed by atoms with van der Waals surface area (Å²) in [4.78, 5) is 10.3. The van der Waals surface area contributed by atoms with Crippen molar-refractivity contribution < 1.29 is 15.0 Å². The summed E-state index contributed by atoms with van der Waals surface area (Å²) in [6, 6.07) is 4.53. The van der Waals surface area contributed by atoms with Crippen molar-refractivity contribution in [1.29, 1.82) is 0 Å². The molecule has 0 heterocycles. The van der Waals surface area contributed by atoms with Gasteiger partial charge < -0.3 is 10.2 Å². The molecular formula is C9H6Cl2O3. The van der Waals surface area contributed by atoms with Crippen LogP contribution in [-0.4, -0.2) is 16.2 Å². The summed E-state index contributed by atoms with van der Waals surface area (Å²) < 4.78 is 0. The van der Waals surface area contributed by atoms with E-state index in [-0.39, 0.29) is 0 Å². The summed E-state index contributed by atoms with van der Waals surface area (Å²) in [5, 5.41) is 18.0. The molecule has 0 atom stereocenters. The number of hydrogen-bond donors (Lipinski definition) is 2. The highest BCUT2D eigenvalue weighted by molar-refractivity contribution is 6.42. The number of aliphatic hydroxyl groups is 1. The highest BCUT2D eigenvalue weighted by atomic mass is 35.5. The molecule has 14 heavy (non-hydrogen) atoms. The monoisotopic (exact) mass is 232 g/mol. The molecule has 2 N–H and O–H groups in total. The van der Waals surface area contributed by atoms with Crippen LogP contribution >= 0.6 is 23.2 Å². The van der Waals surface area contributed by atoms with Crippen LogP contribution in [-0.2, 0) is 4.79 Å². The molecule has 0 aliphatic heterocycles. The van der Waals surface area contributed by atoms with Gasteiger partial charge in [0.25, 0.3) is 0 Å². The molecular weight excluding hydrogens is 227 g/mol. The van der Waals surface area contributed by atoms with E-state index in [0.717, 1.165) is 6.08 Å². The molecule has 0 saturated heterocycles. The first-order valence-electron chi connectivity index (χ1n) is 3.59. The van der Waals surface area contributed by atoms with Crippen LogP contribution in [0.2, 0.25) is 10.0 Å². The second kappa shape index (κ2) is 4.35. The molecule has 0 saturated carbocycles. The van der Waals surface area contributed by atoms with Crippen molar-refractivity contribution in [3.63, 3.8) is 0 Å². The van der Waals surface area contributed by atoms with E-state index in [1.54, 1.807) is 6.07 Å². The third-order valence-corrected chi connectivity index (χ3v) is 2.21. The Kier molecular flexibility index (Phi) is 3.38. The maximum Gasteiger partial charge on any atom is 0.370 e. The fraction of sp³-hybridized carbons (Fsp3) is 0. The molecule has 0 spiro atoms. The van der Waals surface area contributed by atoms with Gasteiger partial charge in [0.1, 0.15) is 0 Å². The molecule has 0 bridgehead atoms. The van der Waals surface area contributed by atoms with Crippen molar-refractivity contribution in [3.05, 3.63) is 39.6 Å². The predicted molar refractivity (Wildman–Crippen MR) is 54.7 cm³/mol. The Morgan fingerprint density at radius 3 is 2.36 bits per heavy atom. The fourth-order valence-electron chi connectivity index (χ4n) is 0.822. The van der Waals surface area contributed by atoms with Gasteiger partial charge in [-0.2, -0.15) is 0 Å². The zero-order valence-corrected chi connectivity index (χ0v) is 8.38. The SMILES string of the molecule is O=C(O)C(O)=Cc1ccc(Cl)c(Cl)c1. The van der Waals surface area contributed by atoms with E-state index in [0.29, 0.717) is 15.6 Å². The van der Waals surface area contributed by atoms with Crippen molar-refractivity contribution in [3.8, 4) is 0 Å². The number of carboxylic acids is 1. The van der Waals surface area contributed by atoms with Crippen molar-refractivity contribution in [2.75, 3.05) is 0 Å². The average Bonchev–Trinajstić information content (AvgIpc) is 2.11. The second-order valence-electron chi connectivity index (χ2n) is 2.51. The van der Waals surface area contributed by atoms with Crippen LogP contribution in [0.5, 0.6) is 0 Å². The predicted octanol–water partition coefficient (Wildman–Crippen LogP) is 2.98. The minimum absolute atomic E-state index is 0.304. The first-order valence-corrected chi connectivity index (χ1v) is 4.35. The molecule has 0 aromatic heterocycles. The summed E-state index contributed by atoms with van der Waals surface area (Å²) in [7, 11) is 0. The van der Waals surface area contributed by atoms with Gasteiger partial charge in [-0.25, -0.2) is 4.79 Å². The molecule has 0 fully saturated rings. The van der Waals surface area contributed by atoms with Crippen LogP contribution < -0.4 is 0 Å². The number of carboxylic acid groups (broad SMARTS) is 1. The highest BCUT2D eigenvalue weighted by Crippen LogP contribution is 2.23. The van der Waals surface area contributed by atoms with Gasteiger partial charge in [0, 0.05) is 0 Å². The standard InChI is InChI=1S/C9H6Cl2O3/c10-6-2-1-5(3-7(6)11)4-8(12)9(13)14/h1-4,12H,(H,13,14). The van der Waals surface area contributed by atoms with E-state index in [1.807, 2.05) is 0 Å². The first kappa shape index (κ1) is 10.9. The number of aliphatic hydroxyl groups excluding tert-OH is 1. The van der Waals surface area contributed by atoms with E-state index < -0.39 is 11.7 Å². The van der Waals surface area contributed by atoms with Crippen LogP contribution in [0.25, 0.3) is 6.08 Å². The van der Waals surface area contributed by atoms with Gasteiger partial charge in [-0.3, -0.25) is 0 Å². The Morgan fingerprint density at radius 2 is 1.86 bits per heavy atom. The number of halogens is 2. The summed E-state index contributed by atoms with van der Waals surface area (Å²) in [5.41, 5.74) is 0.472. The number of hydrogen-bond acceptors (Lipinski definition) is 2. The smallest absolute Gasteiger partial charge is 0.370 e. The van der Waals surface area contributed by atoms with Crippen LogP contribution in [0.4, 0.5) is 0 Å². The van der Waals surface area contributed by atoms with Gasteiger partial charge >= 0.3 is 5.97 Å². The zero-order valence-electron chi connectivity index (χ0n) is 6.87. The Hall–Kier alpha value is -1.19.